The molecule has 0 unspecified atom stereocenters. The number of benzene rings is 1. The molecule has 1 saturated heterocycles. The largest absolute Gasteiger partial charge is 0.449 e. The number of rotatable bonds is 7. The Balaban J connectivity index is 1.08. The summed E-state index contributed by atoms with van der Waals surface area (Å²) >= 11 is 0. The van der Waals surface area contributed by atoms with Crippen molar-refractivity contribution in [1.29, 1.82) is 0 Å². The molecule has 9 nitrogen and oxygen atoms in total. The van der Waals surface area contributed by atoms with Gasteiger partial charge >= 0.3 is 16.3 Å². The molecule has 45 heavy (non-hydrogen) atoms. The first kappa shape index (κ1) is 32.8. The number of nitrogens with zero attached hydrogens (tertiary/aromatic N) is 2. The van der Waals surface area contributed by atoms with Crippen LogP contribution in [-0.4, -0.2) is 64.6 Å². The summed E-state index contributed by atoms with van der Waals surface area (Å²) in [5, 5.41) is 22.5. The maximum Gasteiger partial charge on any atom is 0.425 e. The lowest BCUT2D eigenvalue weighted by Crippen LogP contribution is -2.62. The van der Waals surface area contributed by atoms with Gasteiger partial charge in [-0.05, 0) is 109 Å². The molecule has 1 aromatic carbocycles. The first-order chi connectivity index (χ1) is 21.3. The minimum absolute atomic E-state index is 0.0872. The molecular weight excluding hydrogens is 592 g/mol. The second-order valence-corrected chi connectivity index (χ2v) is 17.2. The number of amides is 2. The summed E-state index contributed by atoms with van der Waals surface area (Å²) in [5.74, 6) is 1.82. The summed E-state index contributed by atoms with van der Waals surface area (Å²) < 4.78 is 32.9. The second-order valence-electron chi connectivity index (χ2n) is 15.4. The van der Waals surface area contributed by atoms with Crippen LogP contribution in [0.25, 0.3) is 0 Å². The molecule has 1 aromatic rings. The van der Waals surface area contributed by atoms with E-state index in [1.807, 2.05) is 6.07 Å². The van der Waals surface area contributed by atoms with E-state index in [1.165, 1.54) is 0 Å². The number of hydrogen-bond acceptors (Lipinski definition) is 7. The van der Waals surface area contributed by atoms with E-state index in [1.54, 1.807) is 24.3 Å². The van der Waals surface area contributed by atoms with Gasteiger partial charge in [-0.1, -0.05) is 64.4 Å². The van der Waals surface area contributed by atoms with Gasteiger partial charge in [-0.15, -0.1) is 0 Å². The van der Waals surface area contributed by atoms with Gasteiger partial charge in [0.15, 0.2) is 0 Å². The first-order valence-corrected chi connectivity index (χ1v) is 18.6. The maximum absolute atomic E-state index is 13.1. The lowest BCUT2D eigenvalue weighted by atomic mass is 9.41. The zero-order valence-electron chi connectivity index (χ0n) is 27.3. The number of aliphatic hydroxyl groups is 2. The zero-order valence-corrected chi connectivity index (χ0v) is 28.1. The Morgan fingerprint density at radius 3 is 2.42 bits per heavy atom. The second kappa shape index (κ2) is 12.1. The smallest absolute Gasteiger partial charge is 0.425 e. The topological polar surface area (TPSA) is 124 Å². The molecule has 10 heteroatoms. The van der Waals surface area contributed by atoms with Crippen molar-refractivity contribution in [2.45, 2.75) is 104 Å². The molecule has 5 fully saturated rings. The highest BCUT2D eigenvalue weighted by Crippen LogP contribution is 2.69. The van der Waals surface area contributed by atoms with E-state index < -0.39 is 28.8 Å². The minimum atomic E-state index is -4.30. The fraction of sp³-hybridized carbons (Fsp3) is 0.771. The highest BCUT2D eigenvalue weighted by molar-refractivity contribution is 7.88. The van der Waals surface area contributed by atoms with Crippen molar-refractivity contribution >= 4 is 22.2 Å². The number of hydrogen-bond donors (Lipinski definition) is 2. The van der Waals surface area contributed by atoms with Crippen LogP contribution in [0, 0.1) is 52.3 Å². The van der Waals surface area contributed by atoms with E-state index in [9.17, 15) is 28.2 Å². The molecular formula is C35H52N2O7S. The number of fused-ring (bicyclic) bond motifs is 5. The molecule has 1 heterocycles. The third-order valence-corrected chi connectivity index (χ3v) is 15.2. The molecule has 6 rings (SSSR count). The van der Waals surface area contributed by atoms with Gasteiger partial charge in [-0.3, -0.25) is 4.79 Å². The van der Waals surface area contributed by atoms with Crippen LogP contribution in [0.15, 0.2) is 30.3 Å². The van der Waals surface area contributed by atoms with Crippen LogP contribution in [0.2, 0.25) is 0 Å². The Morgan fingerprint density at radius 1 is 1.02 bits per heavy atom. The van der Waals surface area contributed by atoms with Gasteiger partial charge in [0.1, 0.15) is 6.54 Å². The fourth-order valence-electron chi connectivity index (χ4n) is 11.1. The average molecular weight is 645 g/mol. The summed E-state index contributed by atoms with van der Waals surface area (Å²) in [6.07, 6.45) is 7.07. The highest BCUT2D eigenvalue weighted by Gasteiger charge is 2.64. The Labute approximate surface area is 268 Å². The van der Waals surface area contributed by atoms with Gasteiger partial charge in [-0.2, -0.15) is 12.7 Å². The van der Waals surface area contributed by atoms with Crippen molar-refractivity contribution in [2.75, 3.05) is 13.2 Å². The Morgan fingerprint density at radius 2 is 1.71 bits per heavy atom. The maximum atomic E-state index is 13.1. The summed E-state index contributed by atoms with van der Waals surface area (Å²) in [6.45, 7) is 8.70. The Hall–Kier alpha value is -2.17. The van der Waals surface area contributed by atoms with Crippen LogP contribution in [0.5, 0.6) is 0 Å². The van der Waals surface area contributed by atoms with Crippen LogP contribution in [-0.2, 0) is 26.3 Å². The van der Waals surface area contributed by atoms with Crippen LogP contribution in [0.3, 0.4) is 0 Å². The predicted octanol–water partition coefficient (Wildman–Crippen LogP) is 5.37. The molecule has 4 aliphatic carbocycles. The zero-order chi connectivity index (χ0) is 32.3. The van der Waals surface area contributed by atoms with Gasteiger partial charge in [0, 0.05) is 0 Å². The molecule has 5 aliphatic rings. The lowest BCUT2D eigenvalue weighted by molar-refractivity contribution is -0.203. The molecule has 250 valence electrons. The van der Waals surface area contributed by atoms with E-state index in [0.717, 1.165) is 55.7 Å². The third kappa shape index (κ3) is 5.40. The Kier molecular flexibility index (Phi) is 8.83. The molecule has 2 amide bonds. The van der Waals surface area contributed by atoms with E-state index in [-0.39, 0.29) is 53.9 Å². The van der Waals surface area contributed by atoms with Crippen LogP contribution in [0.4, 0.5) is 4.79 Å². The standard InChI is InChI=1S/C35H52N2O7S/c1-5-25-29-19-24(38)13-16-35(29,4)28-14-17-34(3)26(11-12-27(34)31(28)32(25)40)22(2)15-18-44-33(41)37-21-30(39)36(45(37,42)43)20-23-9-7-6-8-10-23/h6-10,22,24-29,31-32,38,40H,5,11-21H2,1-4H3/t22-,24-,25-,26-,27+,28+,29+,31+,32-,34-,35-/m1/s1. The van der Waals surface area contributed by atoms with E-state index in [4.69, 9.17) is 4.74 Å². The summed E-state index contributed by atoms with van der Waals surface area (Å²) in [5.41, 5.74) is 0.911. The van der Waals surface area contributed by atoms with E-state index in [2.05, 4.69) is 27.7 Å². The summed E-state index contributed by atoms with van der Waals surface area (Å²) in [6, 6.07) is 8.82. The molecule has 0 radical (unpaired) electrons. The van der Waals surface area contributed by atoms with Crippen molar-refractivity contribution in [3.63, 3.8) is 0 Å². The van der Waals surface area contributed by atoms with Gasteiger partial charge in [0.25, 0.3) is 5.91 Å². The molecule has 4 saturated carbocycles. The number of ether oxygens (including phenoxy) is 1. The highest BCUT2D eigenvalue weighted by atomic mass is 32.2. The van der Waals surface area contributed by atoms with Crippen LogP contribution in [0.1, 0.15) is 91.0 Å². The van der Waals surface area contributed by atoms with Crippen molar-refractivity contribution in [3.8, 4) is 0 Å². The van der Waals surface area contributed by atoms with Crippen LogP contribution >= 0.6 is 0 Å². The SMILES string of the molecule is CC[C@H]1[C@@H](O)[C@@H]2[C@H](CC[C@]3(C)[C@@H]([C@H](C)CCOC(=O)N4CC(=O)N(Cc5ccccc5)S4(=O)=O)CC[C@@H]23)[C@@]2(C)CC[C@@H](O)C[C@@H]12. The van der Waals surface area contributed by atoms with Crippen molar-refractivity contribution in [2.24, 2.45) is 52.3 Å². The normalized spacial score (nSPS) is 41.2. The predicted molar refractivity (Wildman–Crippen MR) is 170 cm³/mol. The summed E-state index contributed by atoms with van der Waals surface area (Å²) in [7, 11) is -4.30. The van der Waals surface area contributed by atoms with Crippen LogP contribution < -0.4 is 0 Å². The van der Waals surface area contributed by atoms with E-state index in [0.29, 0.717) is 40.0 Å². The lowest BCUT2D eigenvalue weighted by Gasteiger charge is -2.64. The molecule has 0 aromatic heterocycles. The van der Waals surface area contributed by atoms with Crippen molar-refractivity contribution < 1.29 is 33.0 Å². The third-order valence-electron chi connectivity index (χ3n) is 13.4. The number of aliphatic hydroxyl groups excluding tert-OH is 2. The molecule has 1 aliphatic heterocycles. The molecule has 11 atom stereocenters. The molecule has 0 spiro atoms. The molecule has 0 bridgehead atoms. The monoisotopic (exact) mass is 644 g/mol. The fourth-order valence-corrected chi connectivity index (χ4v) is 12.5. The van der Waals surface area contributed by atoms with Gasteiger partial charge < -0.3 is 14.9 Å². The number of carbonyl (C=O) groups is 2. The van der Waals surface area contributed by atoms with Gasteiger partial charge in [-0.25, -0.2) is 9.10 Å². The molecule has 2 N–H and O–H groups in total. The summed E-state index contributed by atoms with van der Waals surface area (Å²) in [4.78, 5) is 25.5. The van der Waals surface area contributed by atoms with Gasteiger partial charge in [0.05, 0.1) is 25.4 Å². The average Bonchev–Trinajstić information content (AvgIpc) is 3.47. The van der Waals surface area contributed by atoms with Crippen molar-refractivity contribution in [3.05, 3.63) is 35.9 Å². The first-order valence-electron chi connectivity index (χ1n) is 17.2. The van der Waals surface area contributed by atoms with Gasteiger partial charge in [0.2, 0.25) is 0 Å². The quantitative estimate of drug-likeness (QED) is 0.409. The van der Waals surface area contributed by atoms with Crippen molar-refractivity contribution in [1.82, 2.24) is 8.61 Å². The minimum Gasteiger partial charge on any atom is -0.449 e. The Bertz CT molecular complexity index is 1370. The van der Waals surface area contributed by atoms with E-state index >= 15 is 0 Å². The number of carbonyl (C=O) groups excluding carboxylic acids is 2.